The second-order valence-electron chi connectivity index (χ2n) is 12.5. The summed E-state index contributed by atoms with van der Waals surface area (Å²) in [6, 6.07) is 50.8. The quantitative estimate of drug-likeness (QED) is 0.182. The van der Waals surface area contributed by atoms with Gasteiger partial charge < -0.3 is 4.90 Å². The molecule has 6 aromatic carbocycles. The highest BCUT2D eigenvalue weighted by molar-refractivity contribution is 7.26. The standard InChI is InChI=1S/C46H32N4S/c1-31-15-5-2-6-16-33-17-11-13-23-41(33)50(31)37-29-39(43-40(30-37)38-22-12-14-24-42(38)51-43)32-25-27-36(28-26-32)46-48-44(34-18-7-3-8-19-34)47-45(49-46)35-20-9-4-10-21-35/h2-15,17-30H,1,16H2/b6-2-,15-5-. The second kappa shape index (κ2) is 13.1. The molecule has 3 heterocycles. The molecule has 51 heavy (non-hydrogen) atoms. The predicted molar refractivity (Wildman–Crippen MR) is 214 cm³/mol. The van der Waals surface area contributed by atoms with Crippen LogP contribution in [0.2, 0.25) is 0 Å². The van der Waals surface area contributed by atoms with Crippen molar-refractivity contribution in [2.75, 3.05) is 4.90 Å². The van der Waals surface area contributed by atoms with Crippen LogP contribution < -0.4 is 4.90 Å². The number of nitrogens with zero attached hydrogens (tertiary/aromatic N) is 4. The highest BCUT2D eigenvalue weighted by Crippen LogP contribution is 2.45. The Kier molecular flexibility index (Phi) is 7.88. The monoisotopic (exact) mass is 672 g/mol. The van der Waals surface area contributed by atoms with Crippen LogP contribution in [-0.4, -0.2) is 15.0 Å². The van der Waals surface area contributed by atoms with Gasteiger partial charge in [0.15, 0.2) is 17.5 Å². The van der Waals surface area contributed by atoms with Crippen LogP contribution >= 0.6 is 11.3 Å². The van der Waals surface area contributed by atoms with Crippen LogP contribution in [0.4, 0.5) is 11.4 Å². The van der Waals surface area contributed by atoms with Crippen molar-refractivity contribution in [2.24, 2.45) is 0 Å². The lowest BCUT2D eigenvalue weighted by Gasteiger charge is -2.28. The normalized spacial score (nSPS) is 14.1. The maximum Gasteiger partial charge on any atom is 0.164 e. The van der Waals surface area contributed by atoms with Gasteiger partial charge >= 0.3 is 0 Å². The molecule has 8 aromatic rings. The first-order valence-corrected chi connectivity index (χ1v) is 17.8. The first kappa shape index (κ1) is 30.6. The van der Waals surface area contributed by atoms with Gasteiger partial charge in [0, 0.05) is 59.5 Å². The van der Waals surface area contributed by atoms with Crippen LogP contribution in [0.3, 0.4) is 0 Å². The Balaban J connectivity index is 1.20. The highest BCUT2D eigenvalue weighted by atomic mass is 32.1. The van der Waals surface area contributed by atoms with Crippen molar-refractivity contribution < 1.29 is 0 Å². The Hall–Kier alpha value is -6.43. The number of thiophene rings is 1. The van der Waals surface area contributed by atoms with E-state index in [-0.39, 0.29) is 0 Å². The number of benzene rings is 6. The summed E-state index contributed by atoms with van der Waals surface area (Å²) in [4.78, 5) is 17.1. The van der Waals surface area contributed by atoms with Crippen LogP contribution in [0.5, 0.6) is 0 Å². The number of fused-ring (bicyclic) bond motifs is 4. The van der Waals surface area contributed by atoms with Crippen molar-refractivity contribution >= 4 is 42.9 Å². The molecular weight excluding hydrogens is 641 g/mol. The minimum atomic E-state index is 0.639. The molecule has 0 bridgehead atoms. The molecule has 4 nitrogen and oxygen atoms in total. The molecule has 9 rings (SSSR count). The van der Waals surface area contributed by atoms with Gasteiger partial charge in [-0.15, -0.1) is 11.3 Å². The summed E-state index contributed by atoms with van der Waals surface area (Å²) in [7, 11) is 0. The van der Waals surface area contributed by atoms with Gasteiger partial charge in [-0.1, -0.05) is 146 Å². The molecule has 5 heteroatoms. The zero-order chi connectivity index (χ0) is 34.1. The van der Waals surface area contributed by atoms with E-state index in [4.69, 9.17) is 15.0 Å². The molecule has 2 aromatic heterocycles. The third-order valence-electron chi connectivity index (χ3n) is 9.27. The zero-order valence-corrected chi connectivity index (χ0v) is 28.6. The smallest absolute Gasteiger partial charge is 0.164 e. The lowest BCUT2D eigenvalue weighted by molar-refractivity contribution is 1.07. The maximum atomic E-state index is 4.96. The average molecular weight is 673 g/mol. The third-order valence-corrected chi connectivity index (χ3v) is 10.5. The Morgan fingerprint density at radius 3 is 1.84 bits per heavy atom. The van der Waals surface area contributed by atoms with Gasteiger partial charge in [0.1, 0.15) is 0 Å². The summed E-state index contributed by atoms with van der Waals surface area (Å²) < 4.78 is 2.52. The highest BCUT2D eigenvalue weighted by Gasteiger charge is 2.20. The molecule has 0 spiro atoms. The number of aromatic nitrogens is 3. The first-order chi connectivity index (χ1) is 25.2. The summed E-state index contributed by atoms with van der Waals surface area (Å²) in [6.45, 7) is 4.54. The Morgan fingerprint density at radius 1 is 0.549 bits per heavy atom. The summed E-state index contributed by atoms with van der Waals surface area (Å²) in [5.41, 5.74) is 9.50. The van der Waals surface area contributed by atoms with Gasteiger partial charge in [0.05, 0.1) is 0 Å². The number of hydrogen-bond acceptors (Lipinski definition) is 5. The molecule has 0 radical (unpaired) electrons. The average Bonchev–Trinajstić information content (AvgIpc) is 3.60. The fourth-order valence-electron chi connectivity index (χ4n) is 6.77. The first-order valence-electron chi connectivity index (χ1n) is 17.0. The van der Waals surface area contributed by atoms with E-state index in [0.29, 0.717) is 17.5 Å². The van der Waals surface area contributed by atoms with E-state index in [1.54, 1.807) is 0 Å². The minimum absolute atomic E-state index is 0.639. The number of rotatable bonds is 5. The van der Waals surface area contributed by atoms with Gasteiger partial charge in [-0.05, 0) is 47.9 Å². The molecule has 0 atom stereocenters. The van der Waals surface area contributed by atoms with Gasteiger partial charge in [-0.3, -0.25) is 0 Å². The summed E-state index contributed by atoms with van der Waals surface area (Å²) in [5.74, 6) is 1.94. The summed E-state index contributed by atoms with van der Waals surface area (Å²) in [5, 5.41) is 2.49. The molecule has 0 N–H and O–H groups in total. The molecule has 0 saturated heterocycles. The van der Waals surface area contributed by atoms with Crippen molar-refractivity contribution in [3.63, 3.8) is 0 Å². The molecule has 0 saturated carbocycles. The van der Waals surface area contributed by atoms with E-state index in [1.807, 2.05) is 72.0 Å². The number of para-hydroxylation sites is 1. The fraction of sp³-hybridized carbons (Fsp3) is 0.0217. The number of hydrogen-bond donors (Lipinski definition) is 0. The van der Waals surface area contributed by atoms with Crippen molar-refractivity contribution in [2.45, 2.75) is 6.42 Å². The molecule has 0 unspecified atom stereocenters. The summed E-state index contributed by atoms with van der Waals surface area (Å²) in [6.07, 6.45) is 9.31. The van der Waals surface area contributed by atoms with Crippen molar-refractivity contribution in [1.29, 1.82) is 0 Å². The van der Waals surface area contributed by atoms with E-state index < -0.39 is 0 Å². The Morgan fingerprint density at radius 2 is 1.14 bits per heavy atom. The van der Waals surface area contributed by atoms with Crippen LogP contribution in [0, 0.1) is 0 Å². The van der Waals surface area contributed by atoms with Gasteiger partial charge in [0.2, 0.25) is 0 Å². The molecular formula is C46H32N4S. The molecule has 0 aliphatic carbocycles. The van der Waals surface area contributed by atoms with Gasteiger partial charge in [0.25, 0.3) is 0 Å². The Labute approximate surface area is 301 Å². The molecule has 0 fully saturated rings. The van der Waals surface area contributed by atoms with Crippen molar-refractivity contribution in [3.8, 4) is 45.3 Å². The number of allylic oxidation sites excluding steroid dienone is 4. The van der Waals surface area contributed by atoms with Crippen molar-refractivity contribution in [3.05, 3.63) is 188 Å². The molecule has 242 valence electrons. The van der Waals surface area contributed by atoms with Crippen LogP contribution in [-0.2, 0) is 6.42 Å². The fourth-order valence-corrected chi connectivity index (χ4v) is 7.99. The van der Waals surface area contributed by atoms with Crippen molar-refractivity contribution in [1.82, 2.24) is 15.0 Å². The van der Waals surface area contributed by atoms with Gasteiger partial charge in [-0.25, -0.2) is 15.0 Å². The molecule has 1 aliphatic rings. The van der Waals surface area contributed by atoms with Crippen LogP contribution in [0.1, 0.15) is 5.56 Å². The Bertz CT molecular complexity index is 2560. The SMILES string of the molecule is C=C1/C=C\C=C/Cc2ccccc2N1c1cc(-c2ccc(-c3nc(-c4ccccc4)nc(-c4ccccc4)n3)cc2)c2sc3ccccc3c2c1. The second-order valence-corrected chi connectivity index (χ2v) is 13.6. The van der Waals surface area contributed by atoms with E-state index in [2.05, 4.69) is 121 Å². The maximum absolute atomic E-state index is 4.96. The topological polar surface area (TPSA) is 41.9 Å². The van der Waals surface area contributed by atoms with E-state index in [1.165, 1.54) is 31.3 Å². The minimum Gasteiger partial charge on any atom is -0.311 e. The third kappa shape index (κ3) is 5.84. The lowest BCUT2D eigenvalue weighted by atomic mass is 9.99. The van der Waals surface area contributed by atoms with E-state index >= 15 is 0 Å². The van der Waals surface area contributed by atoms with Crippen LogP contribution in [0.15, 0.2) is 182 Å². The zero-order valence-electron chi connectivity index (χ0n) is 27.8. The largest absolute Gasteiger partial charge is 0.311 e. The van der Waals surface area contributed by atoms with E-state index in [0.717, 1.165) is 45.7 Å². The summed E-state index contributed by atoms with van der Waals surface area (Å²) >= 11 is 1.84. The van der Waals surface area contributed by atoms with E-state index in [9.17, 15) is 0 Å². The predicted octanol–water partition coefficient (Wildman–Crippen LogP) is 12.2. The lowest BCUT2D eigenvalue weighted by Crippen LogP contribution is -2.16. The van der Waals surface area contributed by atoms with Crippen LogP contribution in [0.25, 0.3) is 65.5 Å². The molecule has 1 aliphatic heterocycles. The number of anilines is 2. The van der Waals surface area contributed by atoms with Gasteiger partial charge in [-0.2, -0.15) is 0 Å². The molecule has 0 amide bonds.